The number of rotatable bonds is 7. The number of nitrogens with one attached hydrogen (secondary N) is 1. The van der Waals surface area contributed by atoms with Crippen LogP contribution in [0.3, 0.4) is 0 Å². The van der Waals surface area contributed by atoms with Gasteiger partial charge in [0.1, 0.15) is 12.3 Å². The zero-order valence-electron chi connectivity index (χ0n) is 15.8. The fraction of sp³-hybridized carbons (Fsp3) is 0.500. The molecule has 0 aliphatic heterocycles. The minimum atomic E-state index is -1.16. The van der Waals surface area contributed by atoms with E-state index in [1.165, 1.54) is 0 Å². The highest BCUT2D eigenvalue weighted by molar-refractivity contribution is 5.91. The summed E-state index contributed by atoms with van der Waals surface area (Å²) in [5.41, 5.74) is 1.55. The van der Waals surface area contributed by atoms with Crippen LogP contribution in [0.25, 0.3) is 0 Å². The summed E-state index contributed by atoms with van der Waals surface area (Å²) in [5.74, 6) is -0.839. The Morgan fingerprint density at radius 2 is 1.80 bits per heavy atom. The molecule has 1 unspecified atom stereocenters. The maximum absolute atomic E-state index is 11.9. The lowest BCUT2D eigenvalue weighted by Crippen LogP contribution is -2.29. The smallest absolute Gasteiger partial charge is 0.412 e. The molecule has 1 rings (SSSR count). The monoisotopic (exact) mass is 347 g/mol. The number of aliphatic carboxylic acids is 1. The highest BCUT2D eigenvalue weighted by Gasteiger charge is 2.20. The fourth-order valence-electron chi connectivity index (χ4n) is 2.95. The van der Waals surface area contributed by atoms with Crippen molar-refractivity contribution in [3.8, 4) is 0 Å². The SMILES string of the molecule is CC(CC(C)CC(C)(C)C)=C(NC(=O)OCc1ccccc1)C(=O)O. The Kier molecular flexibility index (Phi) is 7.68. The van der Waals surface area contributed by atoms with Crippen LogP contribution >= 0.6 is 0 Å². The van der Waals surface area contributed by atoms with Gasteiger partial charge in [-0.25, -0.2) is 9.59 Å². The van der Waals surface area contributed by atoms with Crippen LogP contribution in [-0.2, 0) is 16.1 Å². The molecule has 5 nitrogen and oxygen atoms in total. The van der Waals surface area contributed by atoms with Crippen molar-refractivity contribution >= 4 is 12.1 Å². The average Bonchev–Trinajstić information content (AvgIpc) is 2.49. The van der Waals surface area contributed by atoms with Gasteiger partial charge in [-0.15, -0.1) is 0 Å². The van der Waals surface area contributed by atoms with E-state index in [-0.39, 0.29) is 17.7 Å². The number of alkyl carbamates (subject to hydrolysis) is 1. The molecule has 0 heterocycles. The second kappa shape index (κ2) is 9.25. The number of carboxylic acid groups (broad SMARTS) is 1. The standard InChI is InChI=1S/C20H29NO4/c1-14(12-20(3,4)5)11-15(2)17(18(22)23)21-19(24)25-13-16-9-7-6-8-10-16/h6-10,14H,11-13H2,1-5H3,(H,21,24)(H,22,23). The first-order chi connectivity index (χ1) is 11.6. The van der Waals surface area contributed by atoms with Gasteiger partial charge in [0.15, 0.2) is 0 Å². The molecule has 0 radical (unpaired) electrons. The lowest BCUT2D eigenvalue weighted by molar-refractivity contribution is -0.133. The van der Waals surface area contributed by atoms with Crippen LogP contribution < -0.4 is 5.32 Å². The van der Waals surface area contributed by atoms with Crippen molar-refractivity contribution < 1.29 is 19.4 Å². The second-order valence-electron chi connectivity index (χ2n) is 7.72. The summed E-state index contributed by atoms with van der Waals surface area (Å²) in [6, 6.07) is 9.23. The van der Waals surface area contributed by atoms with E-state index in [9.17, 15) is 14.7 Å². The first-order valence-corrected chi connectivity index (χ1v) is 8.49. The predicted octanol–water partition coefficient (Wildman–Crippen LogP) is 4.73. The van der Waals surface area contributed by atoms with Crippen LogP contribution in [0.15, 0.2) is 41.6 Å². The third-order valence-corrected chi connectivity index (χ3v) is 3.70. The number of hydrogen-bond donors (Lipinski definition) is 2. The molecular formula is C20H29NO4. The Labute approximate surface area is 150 Å². The van der Waals surface area contributed by atoms with Crippen LogP contribution in [0.5, 0.6) is 0 Å². The summed E-state index contributed by atoms with van der Waals surface area (Å²) in [4.78, 5) is 23.4. The number of hydrogen-bond acceptors (Lipinski definition) is 3. The highest BCUT2D eigenvalue weighted by Crippen LogP contribution is 2.28. The largest absolute Gasteiger partial charge is 0.477 e. The Balaban J connectivity index is 2.68. The van der Waals surface area contributed by atoms with E-state index in [2.05, 4.69) is 33.0 Å². The van der Waals surface area contributed by atoms with Crippen molar-refractivity contribution in [2.24, 2.45) is 11.3 Å². The molecule has 1 aromatic rings. The van der Waals surface area contributed by atoms with Gasteiger partial charge in [-0.1, -0.05) is 58.0 Å². The number of carboxylic acids is 1. The van der Waals surface area contributed by atoms with Gasteiger partial charge < -0.3 is 9.84 Å². The molecule has 0 saturated carbocycles. The molecule has 0 saturated heterocycles. The van der Waals surface area contributed by atoms with Crippen LogP contribution in [0.2, 0.25) is 0 Å². The molecule has 0 bridgehead atoms. The van der Waals surface area contributed by atoms with E-state index in [0.717, 1.165) is 12.0 Å². The average molecular weight is 347 g/mol. The van der Waals surface area contributed by atoms with Crippen molar-refractivity contribution in [1.82, 2.24) is 5.32 Å². The molecule has 1 aromatic carbocycles. The van der Waals surface area contributed by atoms with Crippen molar-refractivity contribution in [2.45, 2.75) is 54.1 Å². The molecule has 0 spiro atoms. The van der Waals surface area contributed by atoms with Gasteiger partial charge in [0.2, 0.25) is 0 Å². The first-order valence-electron chi connectivity index (χ1n) is 8.49. The van der Waals surface area contributed by atoms with Crippen LogP contribution in [0.1, 0.15) is 53.0 Å². The van der Waals surface area contributed by atoms with Gasteiger partial charge in [0.05, 0.1) is 0 Å². The maximum atomic E-state index is 11.9. The highest BCUT2D eigenvalue weighted by atomic mass is 16.5. The van der Waals surface area contributed by atoms with E-state index < -0.39 is 12.1 Å². The number of benzene rings is 1. The quantitative estimate of drug-likeness (QED) is 0.699. The van der Waals surface area contributed by atoms with E-state index in [1.54, 1.807) is 6.92 Å². The van der Waals surface area contributed by atoms with Gasteiger partial charge in [0.25, 0.3) is 0 Å². The lowest BCUT2D eigenvalue weighted by Gasteiger charge is -2.23. The van der Waals surface area contributed by atoms with Crippen molar-refractivity contribution in [3.05, 3.63) is 47.2 Å². The van der Waals surface area contributed by atoms with Gasteiger partial charge in [0, 0.05) is 0 Å². The second-order valence-corrected chi connectivity index (χ2v) is 7.72. The minimum absolute atomic E-state index is 0.0963. The molecule has 0 aliphatic carbocycles. The molecule has 1 atom stereocenters. The number of allylic oxidation sites excluding steroid dienone is 1. The first kappa shape index (κ1) is 20.7. The molecule has 5 heteroatoms. The number of carbonyl (C=O) groups is 2. The van der Waals surface area contributed by atoms with Crippen LogP contribution in [0.4, 0.5) is 4.79 Å². The molecule has 0 aliphatic rings. The summed E-state index contributed by atoms with van der Waals surface area (Å²) in [6.45, 7) is 10.4. The minimum Gasteiger partial charge on any atom is -0.477 e. The molecule has 25 heavy (non-hydrogen) atoms. The van der Waals surface area contributed by atoms with Gasteiger partial charge in [-0.3, -0.25) is 5.32 Å². The van der Waals surface area contributed by atoms with Crippen molar-refractivity contribution in [2.75, 3.05) is 0 Å². The van der Waals surface area contributed by atoms with Gasteiger partial charge >= 0.3 is 12.1 Å². The summed E-state index contributed by atoms with van der Waals surface area (Å²) in [6.07, 6.45) is 0.817. The molecule has 1 amide bonds. The van der Waals surface area contributed by atoms with Crippen molar-refractivity contribution in [1.29, 1.82) is 0 Å². The van der Waals surface area contributed by atoms with Gasteiger partial charge in [-0.05, 0) is 42.2 Å². The predicted molar refractivity (Wildman–Crippen MR) is 98.0 cm³/mol. The maximum Gasteiger partial charge on any atom is 0.412 e. The summed E-state index contributed by atoms with van der Waals surface area (Å²) in [5, 5.41) is 11.8. The Bertz CT molecular complexity index is 614. The molecule has 0 aromatic heterocycles. The zero-order chi connectivity index (χ0) is 19.0. The van der Waals surface area contributed by atoms with Gasteiger partial charge in [-0.2, -0.15) is 0 Å². The van der Waals surface area contributed by atoms with E-state index in [0.29, 0.717) is 17.9 Å². The molecule has 2 N–H and O–H groups in total. The number of amides is 1. The topological polar surface area (TPSA) is 75.6 Å². The fourth-order valence-corrected chi connectivity index (χ4v) is 2.95. The molecular weight excluding hydrogens is 318 g/mol. The summed E-state index contributed by atoms with van der Waals surface area (Å²) in [7, 11) is 0. The third kappa shape index (κ3) is 8.38. The van der Waals surface area contributed by atoms with E-state index in [1.807, 2.05) is 30.3 Å². The van der Waals surface area contributed by atoms with Crippen LogP contribution in [0, 0.1) is 11.3 Å². The zero-order valence-corrected chi connectivity index (χ0v) is 15.8. The Hall–Kier alpha value is -2.30. The van der Waals surface area contributed by atoms with Crippen molar-refractivity contribution in [3.63, 3.8) is 0 Å². The Morgan fingerprint density at radius 1 is 1.20 bits per heavy atom. The molecule has 0 fully saturated rings. The number of ether oxygens (including phenoxy) is 1. The lowest BCUT2D eigenvalue weighted by atomic mass is 9.83. The number of carbonyl (C=O) groups excluding carboxylic acids is 1. The van der Waals surface area contributed by atoms with Crippen LogP contribution in [-0.4, -0.2) is 17.2 Å². The Morgan fingerprint density at radius 3 is 2.32 bits per heavy atom. The summed E-state index contributed by atoms with van der Waals surface area (Å²) < 4.78 is 5.10. The molecule has 138 valence electrons. The summed E-state index contributed by atoms with van der Waals surface area (Å²) >= 11 is 0. The third-order valence-electron chi connectivity index (χ3n) is 3.70. The van der Waals surface area contributed by atoms with E-state index in [4.69, 9.17) is 4.74 Å². The normalized spacial score (nSPS) is 13.6. The van der Waals surface area contributed by atoms with E-state index >= 15 is 0 Å².